The molecule has 19 heavy (non-hydrogen) atoms. The third-order valence-corrected chi connectivity index (χ3v) is 3.94. The number of ketones is 1. The number of Topliss-reactive ketones (excluding diaryl/α,β-unsaturated/α-hetero) is 1. The third kappa shape index (κ3) is 2.14. The lowest BCUT2D eigenvalue weighted by molar-refractivity contribution is -0.122. The highest BCUT2D eigenvalue weighted by Gasteiger charge is 2.46. The summed E-state index contributed by atoms with van der Waals surface area (Å²) in [5, 5.41) is 0. The van der Waals surface area contributed by atoms with Crippen LogP contribution in [0, 0.1) is 0 Å². The quantitative estimate of drug-likeness (QED) is 0.762. The zero-order chi connectivity index (χ0) is 13.9. The van der Waals surface area contributed by atoms with E-state index in [0.717, 1.165) is 29.9 Å². The van der Waals surface area contributed by atoms with Crippen LogP contribution in [0.2, 0.25) is 0 Å². The maximum atomic E-state index is 12.5. The van der Waals surface area contributed by atoms with Gasteiger partial charge in [-0.3, -0.25) is 4.79 Å². The molecule has 0 unspecified atom stereocenters. The van der Waals surface area contributed by atoms with Crippen molar-refractivity contribution in [2.24, 2.45) is 0 Å². The van der Waals surface area contributed by atoms with E-state index in [9.17, 15) is 4.79 Å². The lowest BCUT2D eigenvalue weighted by atomic mass is 9.74. The molecule has 0 spiro atoms. The first-order valence-electron chi connectivity index (χ1n) is 6.55. The zero-order valence-electron chi connectivity index (χ0n) is 11.6. The van der Waals surface area contributed by atoms with Gasteiger partial charge >= 0.3 is 0 Å². The van der Waals surface area contributed by atoms with Crippen molar-refractivity contribution < 1.29 is 14.3 Å². The molecule has 2 rings (SSSR count). The molecule has 1 aromatic rings. The Morgan fingerprint density at radius 2 is 1.95 bits per heavy atom. The average molecular weight is 260 g/mol. The number of allylic oxidation sites excluding steroid dienone is 1. The smallest absolute Gasteiger partial charge is 0.144 e. The van der Waals surface area contributed by atoms with E-state index in [0.29, 0.717) is 12.8 Å². The predicted molar refractivity (Wildman–Crippen MR) is 74.9 cm³/mol. The minimum atomic E-state index is -0.528. The van der Waals surface area contributed by atoms with E-state index in [1.165, 1.54) is 0 Å². The second-order valence-electron chi connectivity index (χ2n) is 4.89. The van der Waals surface area contributed by atoms with E-state index in [1.807, 2.05) is 24.3 Å². The highest BCUT2D eigenvalue weighted by atomic mass is 16.5. The Hall–Kier alpha value is -1.77. The van der Waals surface area contributed by atoms with E-state index in [-0.39, 0.29) is 5.78 Å². The van der Waals surface area contributed by atoms with Gasteiger partial charge in [0.1, 0.15) is 17.3 Å². The Bertz CT molecular complexity index is 471. The van der Waals surface area contributed by atoms with E-state index in [1.54, 1.807) is 14.2 Å². The summed E-state index contributed by atoms with van der Waals surface area (Å²) in [6, 6.07) is 5.64. The summed E-state index contributed by atoms with van der Waals surface area (Å²) in [5.41, 5.74) is 0.349. The topological polar surface area (TPSA) is 35.5 Å². The number of hydrogen-bond acceptors (Lipinski definition) is 3. The van der Waals surface area contributed by atoms with Crippen molar-refractivity contribution in [2.45, 2.75) is 31.1 Å². The number of carbonyl (C=O) groups is 1. The lowest BCUT2D eigenvalue weighted by Gasteiger charge is -2.30. The summed E-state index contributed by atoms with van der Waals surface area (Å²) in [6.07, 6.45) is 4.80. The Balaban J connectivity index is 2.65. The van der Waals surface area contributed by atoms with Crippen molar-refractivity contribution in [1.82, 2.24) is 0 Å². The van der Waals surface area contributed by atoms with Gasteiger partial charge in [0.05, 0.1) is 19.6 Å². The Kier molecular flexibility index (Phi) is 3.93. The molecule has 0 N–H and O–H groups in total. The Labute approximate surface area is 114 Å². The highest BCUT2D eigenvalue weighted by molar-refractivity contribution is 5.93. The first-order chi connectivity index (χ1) is 9.19. The van der Waals surface area contributed by atoms with Gasteiger partial charge in [-0.25, -0.2) is 0 Å². The highest BCUT2D eigenvalue weighted by Crippen LogP contribution is 2.48. The van der Waals surface area contributed by atoms with Crippen molar-refractivity contribution in [2.75, 3.05) is 14.2 Å². The van der Waals surface area contributed by atoms with Crippen LogP contribution >= 0.6 is 0 Å². The molecule has 102 valence electrons. The van der Waals surface area contributed by atoms with E-state index in [2.05, 4.69) is 6.58 Å². The van der Waals surface area contributed by atoms with Gasteiger partial charge in [0.25, 0.3) is 0 Å². The molecule has 1 fully saturated rings. The largest absolute Gasteiger partial charge is 0.496 e. The Morgan fingerprint density at radius 1 is 1.32 bits per heavy atom. The first kappa shape index (κ1) is 13.7. The van der Waals surface area contributed by atoms with Crippen LogP contribution in [-0.2, 0) is 10.2 Å². The van der Waals surface area contributed by atoms with Gasteiger partial charge in [-0.15, -0.1) is 6.58 Å². The van der Waals surface area contributed by atoms with Crippen molar-refractivity contribution in [1.29, 1.82) is 0 Å². The van der Waals surface area contributed by atoms with E-state index in [4.69, 9.17) is 9.47 Å². The van der Waals surface area contributed by atoms with Gasteiger partial charge in [-0.1, -0.05) is 12.1 Å². The molecule has 1 aromatic carbocycles. The molecule has 1 aliphatic carbocycles. The molecule has 1 aliphatic rings. The van der Waals surface area contributed by atoms with Crippen molar-refractivity contribution in [3.63, 3.8) is 0 Å². The second kappa shape index (κ2) is 5.47. The van der Waals surface area contributed by atoms with Crippen molar-refractivity contribution in [3.8, 4) is 11.5 Å². The third-order valence-electron chi connectivity index (χ3n) is 3.94. The second-order valence-corrected chi connectivity index (χ2v) is 4.89. The molecule has 1 atom stereocenters. The van der Waals surface area contributed by atoms with Gasteiger partial charge in [0.2, 0.25) is 0 Å². The molecule has 3 nitrogen and oxygen atoms in total. The van der Waals surface area contributed by atoms with Crippen LogP contribution in [0.1, 0.15) is 31.2 Å². The number of methoxy groups -OCH3 is 2. The van der Waals surface area contributed by atoms with Gasteiger partial charge in [0, 0.05) is 12.0 Å². The maximum Gasteiger partial charge on any atom is 0.144 e. The predicted octanol–water partition coefficient (Wildman–Crippen LogP) is 3.27. The molecular weight excluding hydrogens is 240 g/mol. The molecule has 1 saturated carbocycles. The van der Waals surface area contributed by atoms with Crippen LogP contribution < -0.4 is 9.47 Å². The number of hydrogen-bond donors (Lipinski definition) is 0. The first-order valence-corrected chi connectivity index (χ1v) is 6.55. The molecule has 0 saturated heterocycles. The molecule has 3 heteroatoms. The molecule has 0 aromatic heterocycles. The van der Waals surface area contributed by atoms with Gasteiger partial charge < -0.3 is 9.47 Å². The minimum Gasteiger partial charge on any atom is -0.496 e. The van der Waals surface area contributed by atoms with Crippen LogP contribution in [0.15, 0.2) is 30.9 Å². The summed E-state index contributed by atoms with van der Waals surface area (Å²) in [7, 11) is 3.25. The van der Waals surface area contributed by atoms with E-state index >= 15 is 0 Å². The normalized spacial score (nSPS) is 22.3. The average Bonchev–Trinajstić information content (AvgIpc) is 2.80. The summed E-state index contributed by atoms with van der Waals surface area (Å²) in [6.45, 7) is 3.81. The van der Waals surface area contributed by atoms with Crippen LogP contribution in [0.25, 0.3) is 0 Å². The molecule has 0 bridgehead atoms. The summed E-state index contributed by atoms with van der Waals surface area (Å²) >= 11 is 0. The standard InChI is InChI=1S/C16H20O3/c1-4-10-16(11-6-9-14(16)17)15-12(18-2)7-5-8-13(15)19-3/h4-5,7-8H,1,6,9-11H2,2-3H3/t16-/m0/s1. The van der Waals surface area contributed by atoms with Crippen molar-refractivity contribution in [3.05, 3.63) is 36.4 Å². The number of benzene rings is 1. The SMILES string of the molecule is C=CC[C@]1(c2c(OC)cccc2OC)CCCC1=O. The fourth-order valence-corrected chi connectivity index (χ4v) is 3.08. The minimum absolute atomic E-state index is 0.259. The maximum absolute atomic E-state index is 12.5. The molecular formula is C16H20O3. The monoisotopic (exact) mass is 260 g/mol. The number of rotatable bonds is 5. The molecule has 0 amide bonds. The number of ether oxygens (including phenoxy) is 2. The van der Waals surface area contributed by atoms with Gasteiger partial charge in [-0.2, -0.15) is 0 Å². The van der Waals surface area contributed by atoms with Crippen LogP contribution in [-0.4, -0.2) is 20.0 Å². The number of carbonyl (C=O) groups excluding carboxylic acids is 1. The van der Waals surface area contributed by atoms with Crippen LogP contribution in [0.4, 0.5) is 0 Å². The van der Waals surface area contributed by atoms with Gasteiger partial charge in [0.15, 0.2) is 0 Å². The van der Waals surface area contributed by atoms with Crippen molar-refractivity contribution >= 4 is 5.78 Å². The lowest BCUT2D eigenvalue weighted by Crippen LogP contribution is -2.31. The fraction of sp³-hybridized carbons (Fsp3) is 0.438. The summed E-state index contributed by atoms with van der Waals surface area (Å²) in [4.78, 5) is 12.5. The van der Waals surface area contributed by atoms with Crippen LogP contribution in [0.5, 0.6) is 11.5 Å². The fourth-order valence-electron chi connectivity index (χ4n) is 3.08. The Morgan fingerprint density at radius 3 is 2.37 bits per heavy atom. The molecule has 0 radical (unpaired) electrons. The van der Waals surface area contributed by atoms with Crippen LogP contribution in [0.3, 0.4) is 0 Å². The zero-order valence-corrected chi connectivity index (χ0v) is 11.6. The summed E-state index contributed by atoms with van der Waals surface area (Å²) in [5.74, 6) is 1.70. The molecule has 0 aliphatic heterocycles. The van der Waals surface area contributed by atoms with E-state index < -0.39 is 5.41 Å². The molecule has 0 heterocycles. The summed E-state index contributed by atoms with van der Waals surface area (Å²) < 4.78 is 10.9. The van der Waals surface area contributed by atoms with Gasteiger partial charge in [-0.05, 0) is 31.4 Å².